The molecule has 1 aliphatic carbocycles. The molecule has 2 aromatic rings. The third kappa shape index (κ3) is 5.20. The van der Waals surface area contributed by atoms with Crippen molar-refractivity contribution in [2.45, 2.75) is 70.9 Å². The average molecular weight is 436 g/mol. The van der Waals surface area contributed by atoms with Gasteiger partial charge in [0.25, 0.3) is 0 Å². The lowest BCUT2D eigenvalue weighted by Gasteiger charge is -2.25. The number of fused-ring (bicyclic) bond motifs is 1. The fraction of sp³-hybridized carbons (Fsp3) is 0.500. The highest BCUT2D eigenvalue weighted by Gasteiger charge is 2.19. The van der Waals surface area contributed by atoms with Crippen LogP contribution in [0.4, 0.5) is 10.1 Å². The monoisotopic (exact) mass is 436 g/mol. The van der Waals surface area contributed by atoms with Gasteiger partial charge in [-0.3, -0.25) is 9.36 Å². The van der Waals surface area contributed by atoms with E-state index in [9.17, 15) is 13.8 Å². The number of hydrogen-bond donors (Lipinski definition) is 3. The Morgan fingerprint density at radius 3 is 2.50 bits per heavy atom. The second-order valence-corrected chi connectivity index (χ2v) is 9.50. The zero-order valence-corrected chi connectivity index (χ0v) is 18.4. The molecule has 0 unspecified atom stereocenters. The Morgan fingerprint density at radius 1 is 1.23 bits per heavy atom. The topological polar surface area (TPSA) is 91.6 Å². The molecule has 0 amide bonds. The number of rotatable bonds is 7. The molecule has 6 nitrogen and oxygen atoms in total. The number of anilines is 1. The minimum absolute atomic E-state index is 0.0725. The molecule has 0 spiro atoms. The summed E-state index contributed by atoms with van der Waals surface area (Å²) in [5.74, 6) is 0.222. The van der Waals surface area contributed by atoms with Crippen LogP contribution in [0.3, 0.4) is 0 Å². The summed E-state index contributed by atoms with van der Waals surface area (Å²) in [5.41, 5.74) is 0.707. The van der Waals surface area contributed by atoms with Crippen LogP contribution in [0.5, 0.6) is 0 Å². The van der Waals surface area contributed by atoms with Crippen LogP contribution >= 0.6 is 7.60 Å². The Morgan fingerprint density at radius 2 is 1.90 bits per heavy atom. The third-order valence-corrected chi connectivity index (χ3v) is 6.43. The van der Waals surface area contributed by atoms with Crippen LogP contribution in [0.25, 0.3) is 17.0 Å². The predicted octanol–water partition coefficient (Wildman–Crippen LogP) is 5.39. The van der Waals surface area contributed by atoms with E-state index in [0.717, 1.165) is 44.6 Å². The summed E-state index contributed by atoms with van der Waals surface area (Å²) in [6.07, 6.45) is 9.83. The van der Waals surface area contributed by atoms with Crippen molar-refractivity contribution in [1.29, 1.82) is 0 Å². The van der Waals surface area contributed by atoms with Gasteiger partial charge in [0.2, 0.25) is 0 Å². The van der Waals surface area contributed by atoms with Gasteiger partial charge in [-0.2, -0.15) is 0 Å². The first-order valence-electron chi connectivity index (χ1n) is 10.6. The lowest BCUT2D eigenvalue weighted by Crippen LogP contribution is -2.23. The van der Waals surface area contributed by atoms with E-state index in [1.807, 2.05) is 18.4 Å². The molecule has 0 radical (unpaired) electrons. The quantitative estimate of drug-likeness (QED) is 0.506. The summed E-state index contributed by atoms with van der Waals surface area (Å²) in [6.45, 7) is 4.07. The second kappa shape index (κ2) is 9.46. The number of nitrogens with one attached hydrogen (secondary N) is 1. The van der Waals surface area contributed by atoms with Crippen LogP contribution < -0.4 is 10.7 Å². The van der Waals surface area contributed by atoms with Gasteiger partial charge in [-0.05, 0) is 43.9 Å². The van der Waals surface area contributed by atoms with E-state index < -0.39 is 18.8 Å². The van der Waals surface area contributed by atoms with Crippen molar-refractivity contribution in [3.8, 4) is 0 Å². The Bertz CT molecular complexity index is 1030. The van der Waals surface area contributed by atoms with Gasteiger partial charge < -0.3 is 19.7 Å². The van der Waals surface area contributed by atoms with Crippen LogP contribution in [0.1, 0.15) is 70.4 Å². The average Bonchev–Trinajstić information content (AvgIpc) is 2.71. The molecule has 30 heavy (non-hydrogen) atoms. The van der Waals surface area contributed by atoms with Gasteiger partial charge in [0.15, 0.2) is 5.43 Å². The van der Waals surface area contributed by atoms with Crippen LogP contribution in [0.2, 0.25) is 0 Å². The van der Waals surface area contributed by atoms with Gasteiger partial charge in [-0.1, -0.05) is 33.1 Å². The van der Waals surface area contributed by atoms with E-state index in [1.165, 1.54) is 12.5 Å². The van der Waals surface area contributed by atoms with Crippen molar-refractivity contribution in [3.05, 3.63) is 45.8 Å². The van der Waals surface area contributed by atoms with Crippen LogP contribution in [0.15, 0.2) is 28.9 Å². The van der Waals surface area contributed by atoms with Crippen molar-refractivity contribution >= 4 is 30.3 Å². The van der Waals surface area contributed by atoms with Crippen molar-refractivity contribution in [3.63, 3.8) is 0 Å². The molecule has 0 bridgehead atoms. The lowest BCUT2D eigenvalue weighted by molar-refractivity contribution is 0.386. The minimum Gasteiger partial charge on any atom is -0.380 e. The van der Waals surface area contributed by atoms with Gasteiger partial charge in [0.05, 0.1) is 11.2 Å². The standard InChI is InChI=1S/C22H30FN2O4P/c1-3-17(4-2)25-14-15(10-11-30(27,28)29)22(26)18-12-19(23)20(13-21(18)25)24-16-8-6-5-7-9-16/h10-14,16-17,24H,3-9H2,1-2H3,(H2,27,28,29)/b11-10+. The van der Waals surface area contributed by atoms with Gasteiger partial charge in [0.1, 0.15) is 5.82 Å². The Balaban J connectivity index is 2.16. The molecule has 1 aromatic carbocycles. The zero-order valence-electron chi connectivity index (χ0n) is 17.5. The van der Waals surface area contributed by atoms with Crippen molar-refractivity contribution in [2.75, 3.05) is 5.32 Å². The fourth-order valence-corrected chi connectivity index (χ4v) is 4.60. The Labute approximate surface area is 176 Å². The summed E-state index contributed by atoms with van der Waals surface area (Å²) in [7, 11) is -4.42. The maximum atomic E-state index is 14.9. The van der Waals surface area contributed by atoms with Crippen molar-refractivity contribution in [2.24, 2.45) is 0 Å². The molecule has 0 saturated heterocycles. The predicted molar refractivity (Wildman–Crippen MR) is 119 cm³/mol. The number of nitrogens with zero attached hydrogens (tertiary/aromatic N) is 1. The first kappa shape index (κ1) is 22.7. The van der Waals surface area contributed by atoms with E-state index in [4.69, 9.17) is 9.79 Å². The van der Waals surface area contributed by atoms with Crippen LogP contribution in [-0.4, -0.2) is 20.4 Å². The molecule has 3 N–H and O–H groups in total. The number of aromatic nitrogens is 1. The minimum atomic E-state index is -4.42. The van der Waals surface area contributed by atoms with E-state index in [2.05, 4.69) is 5.32 Å². The molecule has 1 fully saturated rings. The number of halogens is 1. The fourth-order valence-electron chi connectivity index (χ4n) is 4.25. The Kier molecular flexibility index (Phi) is 7.17. The second-order valence-electron chi connectivity index (χ2n) is 8.02. The highest BCUT2D eigenvalue weighted by Crippen LogP contribution is 2.37. The van der Waals surface area contributed by atoms with Gasteiger partial charge in [-0.25, -0.2) is 4.39 Å². The van der Waals surface area contributed by atoms with Crippen molar-refractivity contribution < 1.29 is 18.7 Å². The molecule has 1 heterocycles. The third-order valence-electron chi connectivity index (χ3n) is 5.90. The molecular formula is C22H30FN2O4P. The summed E-state index contributed by atoms with van der Waals surface area (Å²) in [5, 5.41) is 3.52. The number of benzene rings is 1. The molecule has 1 saturated carbocycles. The first-order valence-corrected chi connectivity index (χ1v) is 12.3. The SMILES string of the molecule is CCC(CC)n1cc(/C=C/P(=O)(O)O)c(=O)c2cc(F)c(NC3CCCCC3)cc21. The van der Waals surface area contributed by atoms with Crippen molar-refractivity contribution in [1.82, 2.24) is 4.57 Å². The molecule has 1 aromatic heterocycles. The highest BCUT2D eigenvalue weighted by molar-refractivity contribution is 7.55. The highest BCUT2D eigenvalue weighted by atomic mass is 31.2. The molecule has 3 rings (SSSR count). The van der Waals surface area contributed by atoms with E-state index in [1.54, 1.807) is 12.3 Å². The van der Waals surface area contributed by atoms with Gasteiger partial charge in [0, 0.05) is 35.0 Å². The lowest BCUT2D eigenvalue weighted by atomic mass is 9.95. The number of hydrogen-bond acceptors (Lipinski definition) is 3. The van der Waals surface area contributed by atoms with Crippen LogP contribution in [-0.2, 0) is 4.57 Å². The smallest absolute Gasteiger partial charge is 0.349 e. The first-order chi connectivity index (χ1) is 14.2. The molecule has 1 aliphatic rings. The van der Waals surface area contributed by atoms with E-state index in [-0.39, 0.29) is 23.0 Å². The molecule has 8 heteroatoms. The summed E-state index contributed by atoms with van der Waals surface area (Å²) in [4.78, 5) is 31.2. The number of pyridine rings is 1. The maximum absolute atomic E-state index is 14.9. The van der Waals surface area contributed by atoms with Crippen LogP contribution in [0, 0.1) is 5.82 Å². The van der Waals surface area contributed by atoms with E-state index in [0.29, 0.717) is 17.0 Å². The zero-order chi connectivity index (χ0) is 21.9. The molecular weight excluding hydrogens is 406 g/mol. The molecule has 0 aliphatic heterocycles. The van der Waals surface area contributed by atoms with E-state index >= 15 is 0 Å². The molecule has 164 valence electrons. The van der Waals surface area contributed by atoms with Gasteiger partial charge in [-0.15, -0.1) is 0 Å². The largest absolute Gasteiger partial charge is 0.380 e. The normalized spacial score (nSPS) is 16.1. The maximum Gasteiger partial charge on any atom is 0.349 e. The molecule has 0 atom stereocenters. The summed E-state index contributed by atoms with van der Waals surface area (Å²) >= 11 is 0. The summed E-state index contributed by atoms with van der Waals surface area (Å²) < 4.78 is 28.1. The van der Waals surface area contributed by atoms with Gasteiger partial charge >= 0.3 is 7.60 Å². The Hall–Kier alpha value is -1.95. The summed E-state index contributed by atoms with van der Waals surface area (Å²) in [6, 6.07) is 3.25.